The zero-order valence-corrected chi connectivity index (χ0v) is 13.0. The molecule has 0 bridgehead atoms. The quantitative estimate of drug-likeness (QED) is 0.771. The normalized spacial score (nSPS) is 11.9. The summed E-state index contributed by atoms with van der Waals surface area (Å²) in [5.41, 5.74) is 1.63. The number of rotatable bonds is 6. The molecule has 0 aliphatic carbocycles. The second kappa shape index (κ2) is 6.00. The highest BCUT2D eigenvalue weighted by atomic mass is 32.1. The van der Waals surface area contributed by atoms with Gasteiger partial charge in [-0.05, 0) is 42.7 Å². The van der Waals surface area contributed by atoms with E-state index < -0.39 is 0 Å². The highest BCUT2D eigenvalue weighted by Crippen LogP contribution is 2.29. The van der Waals surface area contributed by atoms with Crippen LogP contribution in [0.1, 0.15) is 38.5 Å². The predicted octanol–water partition coefficient (Wildman–Crippen LogP) is 5.14. The van der Waals surface area contributed by atoms with Crippen molar-refractivity contribution in [3.8, 4) is 10.4 Å². The molecular weight excluding hydrogens is 258 g/mol. The zero-order chi connectivity index (χ0) is 13.0. The maximum absolute atomic E-state index is 3.68. The first-order chi connectivity index (χ1) is 8.67. The lowest BCUT2D eigenvalue weighted by atomic mass is 9.95. The molecule has 0 aromatic carbocycles. The first-order valence-corrected chi connectivity index (χ1v) is 8.29. The van der Waals surface area contributed by atoms with Crippen LogP contribution in [0.2, 0.25) is 0 Å². The van der Waals surface area contributed by atoms with Crippen LogP contribution in [-0.4, -0.2) is 5.54 Å². The Morgan fingerprint density at radius 1 is 1.22 bits per heavy atom. The summed E-state index contributed by atoms with van der Waals surface area (Å²) in [6.45, 7) is 7.79. The van der Waals surface area contributed by atoms with Crippen molar-refractivity contribution in [3.05, 3.63) is 33.8 Å². The summed E-state index contributed by atoms with van der Waals surface area (Å²) < 4.78 is 0. The highest BCUT2D eigenvalue weighted by Gasteiger charge is 2.18. The molecule has 0 saturated carbocycles. The van der Waals surface area contributed by atoms with Crippen LogP contribution in [-0.2, 0) is 6.54 Å². The third-order valence-corrected chi connectivity index (χ3v) is 5.57. The molecular formula is C15H21NS2. The van der Waals surface area contributed by atoms with Gasteiger partial charge in [0.05, 0.1) is 0 Å². The minimum Gasteiger partial charge on any atom is -0.307 e. The van der Waals surface area contributed by atoms with E-state index in [1.54, 1.807) is 0 Å². The minimum atomic E-state index is 0.271. The Kier molecular flexibility index (Phi) is 4.60. The van der Waals surface area contributed by atoms with Crippen molar-refractivity contribution in [3.63, 3.8) is 0 Å². The molecule has 2 aromatic heterocycles. The Labute approximate surface area is 118 Å². The Morgan fingerprint density at radius 3 is 2.61 bits per heavy atom. The molecule has 0 radical (unpaired) electrons. The molecule has 98 valence electrons. The maximum atomic E-state index is 3.68. The number of hydrogen-bond donors (Lipinski definition) is 1. The molecule has 0 spiro atoms. The van der Waals surface area contributed by atoms with Gasteiger partial charge in [-0.2, -0.15) is 0 Å². The van der Waals surface area contributed by atoms with Crippen molar-refractivity contribution in [1.29, 1.82) is 0 Å². The summed E-state index contributed by atoms with van der Waals surface area (Å²) in [7, 11) is 0. The van der Waals surface area contributed by atoms with Gasteiger partial charge in [0.25, 0.3) is 0 Å². The van der Waals surface area contributed by atoms with E-state index in [-0.39, 0.29) is 5.54 Å². The second-order valence-corrected chi connectivity index (χ2v) is 6.84. The van der Waals surface area contributed by atoms with Crippen molar-refractivity contribution in [2.75, 3.05) is 0 Å². The lowest BCUT2D eigenvalue weighted by molar-refractivity contribution is 0.330. The molecule has 2 heterocycles. The van der Waals surface area contributed by atoms with Crippen molar-refractivity contribution in [2.24, 2.45) is 0 Å². The Hall–Kier alpha value is -0.640. The zero-order valence-electron chi connectivity index (χ0n) is 11.3. The summed E-state index contributed by atoms with van der Waals surface area (Å²) in [5.74, 6) is 0. The summed E-state index contributed by atoms with van der Waals surface area (Å²) >= 11 is 3.66. The average Bonchev–Trinajstić information content (AvgIpc) is 3.06. The van der Waals surface area contributed by atoms with Crippen LogP contribution in [0.5, 0.6) is 0 Å². The summed E-state index contributed by atoms with van der Waals surface area (Å²) in [5, 5.41) is 8.08. The van der Waals surface area contributed by atoms with Gasteiger partial charge in [0.2, 0.25) is 0 Å². The third-order valence-electron chi connectivity index (χ3n) is 3.71. The van der Waals surface area contributed by atoms with E-state index in [1.165, 1.54) is 28.2 Å². The lowest BCUT2D eigenvalue weighted by Crippen LogP contribution is -2.40. The van der Waals surface area contributed by atoms with Gasteiger partial charge in [0.15, 0.2) is 0 Å². The van der Waals surface area contributed by atoms with Gasteiger partial charge in [-0.1, -0.05) is 19.9 Å². The SMILES string of the molecule is CCC(C)(CC)NCc1cc(-c2cccs2)cs1. The standard InChI is InChI=1S/C15H21NS2/c1-4-15(3,5-2)16-10-13-9-12(11-18-13)14-7-6-8-17-14/h6-9,11,16H,4-5,10H2,1-3H3. The van der Waals surface area contributed by atoms with Crippen molar-refractivity contribution < 1.29 is 0 Å². The fourth-order valence-corrected chi connectivity index (χ4v) is 3.46. The molecule has 0 aliphatic rings. The molecule has 0 amide bonds. The molecule has 2 rings (SSSR count). The maximum Gasteiger partial charge on any atom is 0.0351 e. The number of hydrogen-bond acceptors (Lipinski definition) is 3. The fraction of sp³-hybridized carbons (Fsp3) is 0.467. The molecule has 2 aromatic rings. The van der Waals surface area contributed by atoms with Crippen LogP contribution in [0.25, 0.3) is 10.4 Å². The van der Waals surface area contributed by atoms with Crippen LogP contribution >= 0.6 is 22.7 Å². The molecule has 0 fully saturated rings. The summed E-state index contributed by atoms with van der Waals surface area (Å²) in [4.78, 5) is 2.79. The van der Waals surface area contributed by atoms with E-state index >= 15 is 0 Å². The van der Waals surface area contributed by atoms with Gasteiger partial charge >= 0.3 is 0 Å². The van der Waals surface area contributed by atoms with Gasteiger partial charge in [-0.15, -0.1) is 22.7 Å². The minimum absolute atomic E-state index is 0.271. The topological polar surface area (TPSA) is 12.0 Å². The smallest absolute Gasteiger partial charge is 0.0351 e. The molecule has 0 saturated heterocycles. The van der Waals surface area contributed by atoms with Crippen molar-refractivity contribution >= 4 is 22.7 Å². The molecule has 0 atom stereocenters. The molecule has 1 N–H and O–H groups in total. The highest BCUT2D eigenvalue weighted by molar-refractivity contribution is 7.14. The van der Waals surface area contributed by atoms with Crippen LogP contribution in [0.15, 0.2) is 29.0 Å². The molecule has 0 unspecified atom stereocenters. The molecule has 1 nitrogen and oxygen atoms in total. The first kappa shape index (κ1) is 13.8. The summed E-state index contributed by atoms with van der Waals surface area (Å²) in [6.07, 6.45) is 2.35. The fourth-order valence-electron chi connectivity index (χ4n) is 1.85. The van der Waals surface area contributed by atoms with E-state index in [2.05, 4.69) is 55.0 Å². The first-order valence-electron chi connectivity index (χ1n) is 6.53. The van der Waals surface area contributed by atoms with E-state index in [1.807, 2.05) is 22.7 Å². The van der Waals surface area contributed by atoms with Gasteiger partial charge in [-0.3, -0.25) is 0 Å². The predicted molar refractivity (Wildman–Crippen MR) is 83.5 cm³/mol. The van der Waals surface area contributed by atoms with Gasteiger partial charge < -0.3 is 5.32 Å². The van der Waals surface area contributed by atoms with E-state index in [4.69, 9.17) is 0 Å². The van der Waals surface area contributed by atoms with Gasteiger partial charge in [0, 0.05) is 27.4 Å². The monoisotopic (exact) mass is 279 g/mol. The van der Waals surface area contributed by atoms with E-state index in [0.29, 0.717) is 0 Å². The average molecular weight is 279 g/mol. The molecule has 0 aliphatic heterocycles. The van der Waals surface area contributed by atoms with Crippen LogP contribution in [0, 0.1) is 0 Å². The largest absolute Gasteiger partial charge is 0.307 e. The van der Waals surface area contributed by atoms with E-state index in [9.17, 15) is 0 Å². The lowest BCUT2D eigenvalue weighted by Gasteiger charge is -2.28. The Bertz CT molecular complexity index is 466. The van der Waals surface area contributed by atoms with Crippen LogP contribution in [0.4, 0.5) is 0 Å². The Balaban J connectivity index is 1.99. The van der Waals surface area contributed by atoms with Crippen molar-refractivity contribution in [2.45, 2.75) is 45.7 Å². The second-order valence-electron chi connectivity index (χ2n) is 4.90. The Morgan fingerprint density at radius 2 is 2.00 bits per heavy atom. The molecule has 18 heavy (non-hydrogen) atoms. The third kappa shape index (κ3) is 3.22. The summed E-state index contributed by atoms with van der Waals surface area (Å²) in [6, 6.07) is 6.61. The number of nitrogens with one attached hydrogen (secondary N) is 1. The number of thiophene rings is 2. The van der Waals surface area contributed by atoms with Crippen molar-refractivity contribution in [1.82, 2.24) is 5.32 Å². The van der Waals surface area contributed by atoms with E-state index in [0.717, 1.165) is 6.54 Å². The van der Waals surface area contributed by atoms with Crippen LogP contribution < -0.4 is 5.32 Å². The molecule has 3 heteroatoms. The van der Waals surface area contributed by atoms with Crippen LogP contribution in [0.3, 0.4) is 0 Å². The van der Waals surface area contributed by atoms with Gasteiger partial charge in [-0.25, -0.2) is 0 Å². The van der Waals surface area contributed by atoms with Gasteiger partial charge in [0.1, 0.15) is 0 Å².